The first-order valence-electron chi connectivity index (χ1n) is 4.07. The van der Waals surface area contributed by atoms with Crippen molar-refractivity contribution in [3.8, 4) is 6.07 Å². The first-order chi connectivity index (χ1) is 6.56. The maximum Gasteiger partial charge on any atom is 0.142 e. The summed E-state index contributed by atoms with van der Waals surface area (Å²) in [7, 11) is 1.80. The number of nitriles is 1. The van der Waals surface area contributed by atoms with Crippen LogP contribution in [0.5, 0.6) is 0 Å². The van der Waals surface area contributed by atoms with E-state index in [4.69, 9.17) is 5.26 Å². The minimum atomic E-state index is 0.577. The molecule has 0 saturated heterocycles. The Morgan fingerprint density at radius 2 is 2.43 bits per heavy atom. The molecule has 4 nitrogen and oxygen atoms in total. The number of anilines is 1. The van der Waals surface area contributed by atoms with Gasteiger partial charge in [0.25, 0.3) is 0 Å². The van der Waals surface area contributed by atoms with E-state index < -0.39 is 0 Å². The van der Waals surface area contributed by atoms with Gasteiger partial charge in [-0.05, 0) is 6.92 Å². The Morgan fingerprint density at radius 1 is 1.79 bits per heavy atom. The number of nitrogens with one attached hydrogen (secondary N) is 1. The van der Waals surface area contributed by atoms with Crippen LogP contribution in [-0.4, -0.2) is 16.3 Å². The average molecular weight is 255 g/mol. The molecule has 0 amide bonds. The van der Waals surface area contributed by atoms with Crippen molar-refractivity contribution in [2.75, 3.05) is 11.9 Å². The number of rotatable bonds is 3. The van der Waals surface area contributed by atoms with Crippen LogP contribution < -0.4 is 5.32 Å². The number of aromatic nitrogens is 2. The molecule has 0 radical (unpaired) electrons. The van der Waals surface area contributed by atoms with Gasteiger partial charge in [-0.25, -0.2) is 0 Å². The molecule has 0 unspecified atom stereocenters. The van der Waals surface area contributed by atoms with Gasteiger partial charge in [0.1, 0.15) is 17.5 Å². The van der Waals surface area contributed by atoms with Crippen molar-refractivity contribution in [1.82, 2.24) is 9.78 Å². The molecule has 0 saturated carbocycles. The second-order valence-electron chi connectivity index (χ2n) is 2.92. The predicted octanol–water partition coefficient (Wildman–Crippen LogP) is 1.92. The third-order valence-electron chi connectivity index (χ3n) is 1.78. The third-order valence-corrected chi connectivity index (χ3v) is 2.06. The monoisotopic (exact) mass is 254 g/mol. The number of aryl methyl sites for hydroxylation is 2. The van der Waals surface area contributed by atoms with Crippen molar-refractivity contribution in [3.63, 3.8) is 0 Å². The Hall–Kier alpha value is -1.28. The highest BCUT2D eigenvalue weighted by Crippen LogP contribution is 2.17. The van der Waals surface area contributed by atoms with Crippen molar-refractivity contribution in [2.24, 2.45) is 7.05 Å². The molecule has 0 aliphatic rings. The molecule has 0 bridgehead atoms. The van der Waals surface area contributed by atoms with E-state index >= 15 is 0 Å². The van der Waals surface area contributed by atoms with E-state index in [1.807, 2.05) is 6.92 Å². The highest BCUT2D eigenvalue weighted by atomic mass is 79.9. The van der Waals surface area contributed by atoms with E-state index in [1.54, 1.807) is 11.7 Å². The highest BCUT2D eigenvalue weighted by Gasteiger charge is 2.11. The van der Waals surface area contributed by atoms with Gasteiger partial charge in [0.15, 0.2) is 0 Å². The Kier molecular flexibility index (Phi) is 3.31. The van der Waals surface area contributed by atoms with Crippen LogP contribution in [0.3, 0.4) is 0 Å². The van der Waals surface area contributed by atoms with Crippen LogP contribution >= 0.6 is 15.9 Å². The van der Waals surface area contributed by atoms with E-state index in [0.717, 1.165) is 16.0 Å². The van der Waals surface area contributed by atoms with Crippen molar-refractivity contribution in [1.29, 1.82) is 5.26 Å². The maximum atomic E-state index is 8.90. The average Bonchev–Trinajstić information content (AvgIpc) is 2.36. The molecule has 74 valence electrons. The fourth-order valence-corrected chi connectivity index (χ4v) is 1.31. The molecule has 1 aromatic heterocycles. The van der Waals surface area contributed by atoms with Crippen LogP contribution in [0.1, 0.15) is 11.3 Å². The summed E-state index contributed by atoms with van der Waals surface area (Å²) in [5, 5.41) is 16.1. The predicted molar refractivity (Wildman–Crippen MR) is 59.2 cm³/mol. The fourth-order valence-electron chi connectivity index (χ4n) is 1.17. The van der Waals surface area contributed by atoms with Crippen molar-refractivity contribution < 1.29 is 0 Å². The van der Waals surface area contributed by atoms with Crippen molar-refractivity contribution in [3.05, 3.63) is 22.3 Å². The molecule has 1 aromatic rings. The van der Waals surface area contributed by atoms with Crippen molar-refractivity contribution >= 4 is 21.7 Å². The van der Waals surface area contributed by atoms with Gasteiger partial charge < -0.3 is 5.32 Å². The van der Waals surface area contributed by atoms with Crippen LogP contribution in [0.25, 0.3) is 0 Å². The minimum absolute atomic E-state index is 0.577. The van der Waals surface area contributed by atoms with Gasteiger partial charge in [-0.2, -0.15) is 10.4 Å². The molecule has 5 heteroatoms. The van der Waals surface area contributed by atoms with Gasteiger partial charge in [0, 0.05) is 18.1 Å². The Balaban J connectivity index is 2.96. The SMILES string of the molecule is C=C(Br)CNc1c(C#N)c(C)nn1C. The lowest BCUT2D eigenvalue weighted by Gasteiger charge is -2.05. The summed E-state index contributed by atoms with van der Waals surface area (Å²) in [5.74, 6) is 0.727. The van der Waals surface area contributed by atoms with Gasteiger partial charge in [-0.1, -0.05) is 22.5 Å². The second-order valence-corrected chi connectivity index (χ2v) is 4.04. The van der Waals surface area contributed by atoms with Crippen LogP contribution in [0.2, 0.25) is 0 Å². The van der Waals surface area contributed by atoms with Gasteiger partial charge in [0.05, 0.1) is 5.69 Å². The standard InChI is InChI=1S/C9H11BrN4/c1-6(10)5-12-9-8(4-11)7(2)13-14(9)3/h12H,1,5H2,2-3H3. The Bertz CT molecular complexity index is 400. The normalized spacial score (nSPS) is 9.57. The summed E-state index contributed by atoms with van der Waals surface area (Å²) in [6, 6.07) is 2.12. The quantitative estimate of drug-likeness (QED) is 0.897. The molecule has 0 fully saturated rings. The Labute approximate surface area is 91.3 Å². The fraction of sp³-hybridized carbons (Fsp3) is 0.333. The van der Waals surface area contributed by atoms with E-state index in [0.29, 0.717) is 12.1 Å². The lowest BCUT2D eigenvalue weighted by atomic mass is 10.2. The summed E-state index contributed by atoms with van der Waals surface area (Å²) in [6.45, 7) is 6.09. The first kappa shape index (κ1) is 10.8. The van der Waals surface area contributed by atoms with Crippen LogP contribution in [-0.2, 0) is 7.05 Å². The van der Waals surface area contributed by atoms with E-state index in [2.05, 4.69) is 39.0 Å². The summed E-state index contributed by atoms with van der Waals surface area (Å²) in [4.78, 5) is 0. The molecular formula is C9H11BrN4. The van der Waals surface area contributed by atoms with Gasteiger partial charge in [-0.15, -0.1) is 0 Å². The third kappa shape index (κ3) is 2.15. The van der Waals surface area contributed by atoms with Gasteiger partial charge in [0.2, 0.25) is 0 Å². The molecule has 0 spiro atoms. The zero-order valence-electron chi connectivity index (χ0n) is 8.13. The van der Waals surface area contributed by atoms with Gasteiger partial charge in [-0.3, -0.25) is 4.68 Å². The first-order valence-corrected chi connectivity index (χ1v) is 4.86. The number of nitrogens with zero attached hydrogens (tertiary/aromatic N) is 3. The van der Waals surface area contributed by atoms with Crippen molar-refractivity contribution in [2.45, 2.75) is 6.92 Å². The largest absolute Gasteiger partial charge is 0.365 e. The summed E-state index contributed by atoms with van der Waals surface area (Å²) in [5.41, 5.74) is 1.32. The Morgan fingerprint density at radius 3 is 2.93 bits per heavy atom. The summed E-state index contributed by atoms with van der Waals surface area (Å²) < 4.78 is 2.49. The molecular weight excluding hydrogens is 244 g/mol. The number of hydrogen-bond donors (Lipinski definition) is 1. The van der Waals surface area contributed by atoms with Crippen LogP contribution in [0, 0.1) is 18.3 Å². The molecule has 0 aliphatic carbocycles. The highest BCUT2D eigenvalue weighted by molar-refractivity contribution is 9.11. The van der Waals surface area contributed by atoms with E-state index in [-0.39, 0.29) is 0 Å². The van der Waals surface area contributed by atoms with Crippen LogP contribution in [0.4, 0.5) is 5.82 Å². The zero-order valence-corrected chi connectivity index (χ0v) is 9.72. The molecule has 0 atom stereocenters. The zero-order chi connectivity index (χ0) is 10.7. The van der Waals surface area contributed by atoms with Crippen LogP contribution in [0.15, 0.2) is 11.1 Å². The molecule has 0 aliphatic heterocycles. The molecule has 1 N–H and O–H groups in total. The topological polar surface area (TPSA) is 53.6 Å². The minimum Gasteiger partial charge on any atom is -0.365 e. The smallest absolute Gasteiger partial charge is 0.142 e. The molecule has 14 heavy (non-hydrogen) atoms. The molecule has 1 heterocycles. The van der Waals surface area contributed by atoms with E-state index in [1.165, 1.54) is 0 Å². The van der Waals surface area contributed by atoms with E-state index in [9.17, 15) is 0 Å². The molecule has 0 aromatic carbocycles. The maximum absolute atomic E-state index is 8.90. The lowest BCUT2D eigenvalue weighted by molar-refractivity contribution is 0.761. The number of halogens is 1. The lowest BCUT2D eigenvalue weighted by Crippen LogP contribution is -2.06. The van der Waals surface area contributed by atoms with Gasteiger partial charge >= 0.3 is 0 Å². The summed E-state index contributed by atoms with van der Waals surface area (Å²) in [6.07, 6.45) is 0. The number of hydrogen-bond acceptors (Lipinski definition) is 3. The second kappa shape index (κ2) is 4.29. The molecule has 1 rings (SSSR count). The summed E-state index contributed by atoms with van der Waals surface area (Å²) >= 11 is 3.24.